The lowest BCUT2D eigenvalue weighted by Crippen LogP contribution is -2.27. The summed E-state index contributed by atoms with van der Waals surface area (Å²) >= 11 is 6.16. The van der Waals surface area contributed by atoms with Crippen molar-refractivity contribution in [2.75, 3.05) is 6.54 Å². The molecule has 0 fully saturated rings. The smallest absolute Gasteiger partial charge is 0.180 e. The van der Waals surface area contributed by atoms with Crippen LogP contribution in [-0.4, -0.2) is 24.1 Å². The minimum absolute atomic E-state index is 0.449. The van der Waals surface area contributed by atoms with E-state index in [0.717, 1.165) is 0 Å². The average molecular weight is 184 g/mol. The van der Waals surface area contributed by atoms with E-state index in [9.17, 15) is 0 Å². The molecule has 0 saturated heterocycles. The highest BCUT2D eigenvalue weighted by Gasteiger charge is 2.31. The van der Waals surface area contributed by atoms with Crippen LogP contribution in [0.3, 0.4) is 0 Å². The van der Waals surface area contributed by atoms with E-state index in [0.29, 0.717) is 12.2 Å². The maximum absolute atomic E-state index is 6.16. The van der Waals surface area contributed by atoms with Crippen LogP contribution in [0.1, 0.15) is 5.69 Å². The molecular formula is C7H6ClN3O. The summed E-state index contributed by atoms with van der Waals surface area (Å²) in [6, 6.07) is 0. The van der Waals surface area contributed by atoms with Crippen molar-refractivity contribution in [1.82, 2.24) is 4.98 Å². The molecular weight excluding hydrogens is 178 g/mol. The Morgan fingerprint density at radius 1 is 1.58 bits per heavy atom. The molecule has 0 aromatic carbocycles. The number of oxazole rings is 1. The second-order valence-electron chi connectivity index (χ2n) is 2.47. The maximum atomic E-state index is 6.16. The van der Waals surface area contributed by atoms with Gasteiger partial charge in [-0.1, -0.05) is 0 Å². The van der Waals surface area contributed by atoms with Crippen LogP contribution in [0.5, 0.6) is 0 Å². The van der Waals surface area contributed by atoms with Gasteiger partial charge in [0.1, 0.15) is 23.2 Å². The molecule has 1 atom stereocenters. The molecule has 0 N–H and O–H groups in total. The summed E-state index contributed by atoms with van der Waals surface area (Å²) in [6.45, 7) is 0.449. The molecule has 1 aromatic heterocycles. The lowest BCUT2D eigenvalue weighted by Gasteiger charge is -2.18. The first-order chi connectivity index (χ1) is 5.81. The Hall–Kier alpha value is -1.16. The number of aliphatic imine (C=N–C) groups is 2. The van der Waals surface area contributed by atoms with Crippen LogP contribution in [0.25, 0.3) is 0 Å². The Morgan fingerprint density at radius 2 is 2.50 bits per heavy atom. The molecule has 0 aliphatic carbocycles. The minimum Gasteiger partial charge on any atom is -0.451 e. The van der Waals surface area contributed by atoms with E-state index in [2.05, 4.69) is 15.0 Å². The predicted molar refractivity (Wildman–Crippen MR) is 45.9 cm³/mol. The monoisotopic (exact) mass is 183 g/mol. The topological polar surface area (TPSA) is 50.8 Å². The number of hydrogen-bond acceptors (Lipinski definition) is 4. The summed E-state index contributed by atoms with van der Waals surface area (Å²) in [6.07, 6.45) is 5.92. The molecule has 5 heteroatoms. The zero-order valence-corrected chi connectivity index (χ0v) is 6.90. The molecule has 12 heavy (non-hydrogen) atoms. The van der Waals surface area contributed by atoms with Crippen LogP contribution in [0, 0.1) is 0 Å². The fraction of sp³-hybridized carbons (Fsp3) is 0.286. The number of halogens is 1. The largest absolute Gasteiger partial charge is 0.451 e. The Morgan fingerprint density at radius 3 is 3.08 bits per heavy atom. The van der Waals surface area contributed by atoms with Crippen LogP contribution in [0.4, 0.5) is 0 Å². The van der Waals surface area contributed by atoms with Crippen molar-refractivity contribution in [3.8, 4) is 0 Å². The second kappa shape index (κ2) is 2.71. The highest BCUT2D eigenvalue weighted by Crippen LogP contribution is 2.27. The fourth-order valence-electron chi connectivity index (χ4n) is 0.978. The van der Waals surface area contributed by atoms with Gasteiger partial charge in [0, 0.05) is 6.21 Å². The van der Waals surface area contributed by atoms with E-state index in [1.54, 1.807) is 6.21 Å². The van der Waals surface area contributed by atoms with Crippen molar-refractivity contribution in [3.63, 3.8) is 0 Å². The van der Waals surface area contributed by atoms with E-state index in [1.165, 1.54) is 19.0 Å². The van der Waals surface area contributed by atoms with E-state index < -0.39 is 4.87 Å². The average Bonchev–Trinajstić information content (AvgIpc) is 2.58. The lowest BCUT2D eigenvalue weighted by molar-refractivity contribution is 0.555. The van der Waals surface area contributed by atoms with Gasteiger partial charge < -0.3 is 4.42 Å². The van der Waals surface area contributed by atoms with Gasteiger partial charge >= 0.3 is 0 Å². The second-order valence-corrected chi connectivity index (χ2v) is 3.14. The van der Waals surface area contributed by atoms with Crippen molar-refractivity contribution in [2.45, 2.75) is 4.87 Å². The zero-order valence-electron chi connectivity index (χ0n) is 6.14. The van der Waals surface area contributed by atoms with Crippen molar-refractivity contribution >= 4 is 24.2 Å². The van der Waals surface area contributed by atoms with Gasteiger partial charge in [0.05, 0.1) is 6.54 Å². The van der Waals surface area contributed by atoms with Crippen LogP contribution >= 0.6 is 11.6 Å². The Bertz CT molecular complexity index is 319. The van der Waals surface area contributed by atoms with E-state index >= 15 is 0 Å². The molecule has 62 valence electrons. The predicted octanol–water partition coefficient (Wildman–Crippen LogP) is 1.22. The van der Waals surface area contributed by atoms with Gasteiger partial charge in [0.15, 0.2) is 6.39 Å². The van der Waals surface area contributed by atoms with Crippen LogP contribution in [0.2, 0.25) is 0 Å². The summed E-state index contributed by atoms with van der Waals surface area (Å²) < 4.78 is 4.82. The van der Waals surface area contributed by atoms with Crippen molar-refractivity contribution < 1.29 is 4.42 Å². The summed E-state index contributed by atoms with van der Waals surface area (Å²) in [5, 5.41) is 0. The number of aromatic nitrogens is 1. The standard InChI is InChI=1S/C7H6ClN3O/c8-7(2-9-4-10-3-7)6-1-12-5-11-6/h1-2,4-5H,3H2. The van der Waals surface area contributed by atoms with E-state index in [4.69, 9.17) is 16.0 Å². The highest BCUT2D eigenvalue weighted by molar-refractivity contribution is 6.32. The Kier molecular flexibility index (Phi) is 1.69. The van der Waals surface area contributed by atoms with Crippen molar-refractivity contribution in [1.29, 1.82) is 0 Å². The zero-order chi connectivity index (χ0) is 8.44. The Balaban J connectivity index is 2.34. The molecule has 0 bridgehead atoms. The first kappa shape index (κ1) is 7.49. The molecule has 1 unspecified atom stereocenters. The van der Waals surface area contributed by atoms with Gasteiger partial charge in [-0.2, -0.15) is 0 Å². The number of rotatable bonds is 1. The third-order valence-corrected chi connectivity index (χ3v) is 2.02. The van der Waals surface area contributed by atoms with Gasteiger partial charge in [-0.3, -0.25) is 4.99 Å². The molecule has 2 rings (SSSR count). The van der Waals surface area contributed by atoms with E-state index in [1.807, 2.05) is 0 Å². The molecule has 0 spiro atoms. The number of alkyl halides is 1. The third-order valence-electron chi connectivity index (χ3n) is 1.61. The highest BCUT2D eigenvalue weighted by atomic mass is 35.5. The molecule has 1 aliphatic rings. The maximum Gasteiger partial charge on any atom is 0.180 e. The van der Waals surface area contributed by atoms with E-state index in [-0.39, 0.29) is 0 Å². The Labute approximate surface area is 74.0 Å². The van der Waals surface area contributed by atoms with Gasteiger partial charge in [0.2, 0.25) is 0 Å². The summed E-state index contributed by atoms with van der Waals surface area (Å²) in [7, 11) is 0. The van der Waals surface area contributed by atoms with Crippen LogP contribution < -0.4 is 0 Å². The fourth-order valence-corrected chi connectivity index (χ4v) is 1.20. The lowest BCUT2D eigenvalue weighted by atomic mass is 10.1. The summed E-state index contributed by atoms with van der Waals surface area (Å²) in [4.78, 5) is 11.0. The molecule has 1 aliphatic heterocycles. The third kappa shape index (κ3) is 1.14. The summed E-state index contributed by atoms with van der Waals surface area (Å²) in [5.41, 5.74) is 0.643. The molecule has 1 aromatic rings. The van der Waals surface area contributed by atoms with Crippen LogP contribution in [0.15, 0.2) is 27.1 Å². The number of hydrogen-bond donors (Lipinski definition) is 0. The van der Waals surface area contributed by atoms with Gasteiger partial charge in [-0.05, 0) is 0 Å². The van der Waals surface area contributed by atoms with Gasteiger partial charge in [0.25, 0.3) is 0 Å². The molecule has 2 heterocycles. The number of nitrogens with zero attached hydrogens (tertiary/aromatic N) is 3. The molecule has 0 radical (unpaired) electrons. The molecule has 0 saturated carbocycles. The SMILES string of the molecule is ClC1(c2cocn2)C=NC=NC1. The normalized spacial score (nSPS) is 27.8. The molecule has 0 amide bonds. The van der Waals surface area contributed by atoms with Crippen molar-refractivity contribution in [2.24, 2.45) is 9.98 Å². The van der Waals surface area contributed by atoms with Gasteiger partial charge in [-0.15, -0.1) is 11.6 Å². The molecule has 4 nitrogen and oxygen atoms in total. The van der Waals surface area contributed by atoms with Crippen LogP contribution in [-0.2, 0) is 4.87 Å². The van der Waals surface area contributed by atoms with Gasteiger partial charge in [-0.25, -0.2) is 9.98 Å². The minimum atomic E-state index is -0.720. The summed E-state index contributed by atoms with van der Waals surface area (Å²) in [5.74, 6) is 0. The van der Waals surface area contributed by atoms with Crippen molar-refractivity contribution in [3.05, 3.63) is 18.4 Å². The first-order valence-corrected chi connectivity index (χ1v) is 3.79. The quantitative estimate of drug-likeness (QED) is 0.615. The first-order valence-electron chi connectivity index (χ1n) is 3.41.